The van der Waals surface area contributed by atoms with E-state index in [2.05, 4.69) is 32.9 Å². The minimum Gasteiger partial charge on any atom is -0.392 e. The Hall–Kier alpha value is -0.860. The molecular formula is C13H23NO. The lowest BCUT2D eigenvalue weighted by molar-refractivity contribution is 0.280. The molecule has 0 radical (unpaired) electrons. The van der Waals surface area contributed by atoms with Crippen LogP contribution in [0.2, 0.25) is 0 Å². The average Bonchev–Trinajstić information content (AvgIpc) is 2.26. The van der Waals surface area contributed by atoms with Gasteiger partial charge in [0.15, 0.2) is 0 Å². The molecule has 0 heterocycles. The summed E-state index contributed by atoms with van der Waals surface area (Å²) in [5, 5.41) is 9.23. The van der Waals surface area contributed by atoms with Crippen LogP contribution in [0.3, 0.4) is 0 Å². The summed E-state index contributed by atoms with van der Waals surface area (Å²) in [6, 6.07) is 4.22. The highest BCUT2D eigenvalue weighted by molar-refractivity contribution is 5.41. The van der Waals surface area contributed by atoms with Gasteiger partial charge in [-0.15, -0.1) is 0 Å². The topological polar surface area (TPSA) is 55.2 Å². The number of benzene rings is 1. The zero-order valence-corrected chi connectivity index (χ0v) is 10.1. The van der Waals surface area contributed by atoms with Crippen LogP contribution in [-0.4, -0.2) is 5.11 Å². The van der Waals surface area contributed by atoms with E-state index >= 15 is 0 Å². The summed E-state index contributed by atoms with van der Waals surface area (Å²) in [6.07, 6.45) is 3.18. The normalized spacial score (nSPS) is 9.87. The molecule has 2 heteroatoms. The maximum atomic E-state index is 9.23. The fraction of sp³-hybridized carbons (Fsp3) is 0.538. The molecule has 0 saturated carbocycles. The number of rotatable bonds is 4. The van der Waals surface area contributed by atoms with Gasteiger partial charge < -0.3 is 11.3 Å². The van der Waals surface area contributed by atoms with Crippen LogP contribution in [-0.2, 0) is 25.9 Å². The third kappa shape index (κ3) is 2.80. The van der Waals surface area contributed by atoms with E-state index in [4.69, 9.17) is 0 Å². The number of aliphatic hydroxyl groups is 1. The molecule has 4 N–H and O–H groups in total. The van der Waals surface area contributed by atoms with Crippen molar-refractivity contribution in [3.05, 3.63) is 34.4 Å². The van der Waals surface area contributed by atoms with Crippen molar-refractivity contribution in [1.29, 1.82) is 0 Å². The van der Waals surface area contributed by atoms with E-state index in [1.54, 1.807) is 0 Å². The first-order chi connectivity index (χ1) is 6.78. The maximum Gasteiger partial charge on any atom is 0.0684 e. The van der Waals surface area contributed by atoms with Gasteiger partial charge in [0.25, 0.3) is 0 Å². The quantitative estimate of drug-likeness (QED) is 0.800. The van der Waals surface area contributed by atoms with Gasteiger partial charge >= 0.3 is 0 Å². The summed E-state index contributed by atoms with van der Waals surface area (Å²) in [5.41, 5.74) is 5.33. The molecule has 0 fully saturated rings. The van der Waals surface area contributed by atoms with Gasteiger partial charge in [0, 0.05) is 0 Å². The Bertz CT molecular complexity index is 277. The van der Waals surface area contributed by atoms with Gasteiger partial charge in [-0.3, -0.25) is 0 Å². The van der Waals surface area contributed by atoms with Crippen molar-refractivity contribution in [3.63, 3.8) is 0 Å². The van der Waals surface area contributed by atoms with Crippen molar-refractivity contribution in [2.24, 2.45) is 0 Å². The van der Waals surface area contributed by atoms with Crippen molar-refractivity contribution in [3.8, 4) is 0 Å². The first-order valence-corrected chi connectivity index (χ1v) is 5.51. The van der Waals surface area contributed by atoms with E-state index in [0.29, 0.717) is 0 Å². The molecule has 0 amide bonds. The zero-order chi connectivity index (χ0) is 10.6. The molecule has 2 nitrogen and oxygen atoms in total. The molecular weight excluding hydrogens is 186 g/mol. The molecule has 0 aromatic heterocycles. The van der Waals surface area contributed by atoms with Crippen LogP contribution in [0.4, 0.5) is 0 Å². The summed E-state index contributed by atoms with van der Waals surface area (Å²) in [7, 11) is 0. The smallest absolute Gasteiger partial charge is 0.0684 e. The zero-order valence-electron chi connectivity index (χ0n) is 10.1. The minimum absolute atomic E-state index is 0. The van der Waals surface area contributed by atoms with Crippen LogP contribution in [0, 0.1) is 0 Å². The SMILES string of the molecule is CCc1ccc(CO)c(CC)c1CC.N. The minimum atomic E-state index is 0. The Morgan fingerprint density at radius 3 is 1.73 bits per heavy atom. The average molecular weight is 209 g/mol. The lowest BCUT2D eigenvalue weighted by Crippen LogP contribution is -2.02. The Kier molecular flexibility index (Phi) is 6.21. The van der Waals surface area contributed by atoms with Gasteiger partial charge in [-0.05, 0) is 41.5 Å². The molecule has 86 valence electrons. The van der Waals surface area contributed by atoms with Gasteiger partial charge in [-0.1, -0.05) is 32.9 Å². The Labute approximate surface area is 92.9 Å². The second-order valence-electron chi connectivity index (χ2n) is 3.56. The molecule has 1 rings (SSSR count). The Morgan fingerprint density at radius 1 is 0.867 bits per heavy atom. The molecule has 1 aromatic rings. The molecule has 0 atom stereocenters. The summed E-state index contributed by atoms with van der Waals surface area (Å²) in [4.78, 5) is 0. The third-order valence-corrected chi connectivity index (χ3v) is 2.88. The van der Waals surface area contributed by atoms with Crippen LogP contribution in [0.25, 0.3) is 0 Å². The Balaban J connectivity index is 0.00000196. The predicted octanol–water partition coefficient (Wildman–Crippen LogP) is 3.03. The van der Waals surface area contributed by atoms with Gasteiger partial charge in [0.2, 0.25) is 0 Å². The highest BCUT2D eigenvalue weighted by Crippen LogP contribution is 2.21. The molecule has 15 heavy (non-hydrogen) atoms. The first-order valence-electron chi connectivity index (χ1n) is 5.51. The molecule has 0 spiro atoms. The lowest BCUT2D eigenvalue weighted by atomic mass is 9.92. The van der Waals surface area contributed by atoms with E-state index in [9.17, 15) is 5.11 Å². The second-order valence-corrected chi connectivity index (χ2v) is 3.56. The van der Waals surface area contributed by atoms with Crippen LogP contribution in [0.15, 0.2) is 12.1 Å². The van der Waals surface area contributed by atoms with Crippen LogP contribution in [0.1, 0.15) is 43.0 Å². The standard InChI is InChI=1S/C13H20O.H3N/c1-4-10-7-8-11(9-14)13(6-3)12(10)5-2;/h7-8,14H,4-6,9H2,1-3H3;1H3. The molecule has 0 saturated heterocycles. The predicted molar refractivity (Wildman–Crippen MR) is 65.5 cm³/mol. The second kappa shape index (κ2) is 6.59. The molecule has 0 aliphatic rings. The monoisotopic (exact) mass is 209 g/mol. The Morgan fingerprint density at radius 2 is 1.33 bits per heavy atom. The molecule has 0 aliphatic carbocycles. The fourth-order valence-corrected chi connectivity index (χ4v) is 2.15. The number of hydrogen-bond donors (Lipinski definition) is 2. The summed E-state index contributed by atoms with van der Waals surface area (Å²) < 4.78 is 0. The van der Waals surface area contributed by atoms with Crippen LogP contribution in [0.5, 0.6) is 0 Å². The van der Waals surface area contributed by atoms with Gasteiger partial charge in [0.1, 0.15) is 0 Å². The van der Waals surface area contributed by atoms with E-state index in [0.717, 1.165) is 24.8 Å². The first kappa shape index (κ1) is 14.1. The number of hydrogen-bond acceptors (Lipinski definition) is 2. The van der Waals surface area contributed by atoms with Gasteiger partial charge in [-0.25, -0.2) is 0 Å². The third-order valence-electron chi connectivity index (χ3n) is 2.88. The highest BCUT2D eigenvalue weighted by Gasteiger charge is 2.08. The largest absolute Gasteiger partial charge is 0.392 e. The van der Waals surface area contributed by atoms with Crippen LogP contribution < -0.4 is 6.15 Å². The van der Waals surface area contributed by atoms with Crippen molar-refractivity contribution in [2.75, 3.05) is 0 Å². The van der Waals surface area contributed by atoms with E-state index in [1.165, 1.54) is 16.7 Å². The van der Waals surface area contributed by atoms with Crippen LogP contribution >= 0.6 is 0 Å². The highest BCUT2D eigenvalue weighted by atomic mass is 16.3. The molecule has 0 aliphatic heterocycles. The van der Waals surface area contributed by atoms with E-state index in [1.807, 2.05) is 0 Å². The van der Waals surface area contributed by atoms with Crippen molar-refractivity contribution >= 4 is 0 Å². The number of aliphatic hydroxyl groups excluding tert-OH is 1. The van der Waals surface area contributed by atoms with E-state index < -0.39 is 0 Å². The summed E-state index contributed by atoms with van der Waals surface area (Å²) >= 11 is 0. The van der Waals surface area contributed by atoms with Crippen molar-refractivity contribution in [1.82, 2.24) is 6.15 Å². The van der Waals surface area contributed by atoms with Gasteiger partial charge in [0.05, 0.1) is 6.61 Å². The molecule has 0 unspecified atom stereocenters. The van der Waals surface area contributed by atoms with Crippen molar-refractivity contribution < 1.29 is 5.11 Å². The molecule has 1 aromatic carbocycles. The molecule has 0 bridgehead atoms. The fourth-order valence-electron chi connectivity index (χ4n) is 2.15. The van der Waals surface area contributed by atoms with Gasteiger partial charge in [-0.2, -0.15) is 0 Å². The van der Waals surface area contributed by atoms with E-state index in [-0.39, 0.29) is 12.8 Å². The summed E-state index contributed by atoms with van der Waals surface area (Å²) in [6.45, 7) is 6.70. The number of aryl methyl sites for hydroxylation is 1. The van der Waals surface area contributed by atoms with Crippen molar-refractivity contribution in [2.45, 2.75) is 46.6 Å². The lowest BCUT2D eigenvalue weighted by Gasteiger charge is -2.15. The maximum absolute atomic E-state index is 9.23. The summed E-state index contributed by atoms with van der Waals surface area (Å²) in [5.74, 6) is 0.